The average molecular weight is 363 g/mol. The molecule has 1 aromatic heterocycles. The first-order valence-electron chi connectivity index (χ1n) is 8.43. The molecule has 0 unspecified atom stereocenters. The van der Waals surface area contributed by atoms with E-state index in [2.05, 4.69) is 10.4 Å². The second-order valence-corrected chi connectivity index (χ2v) is 6.90. The zero-order valence-corrected chi connectivity index (χ0v) is 15.2. The highest BCUT2D eigenvalue weighted by molar-refractivity contribution is 6.30. The van der Waals surface area contributed by atoms with E-state index in [0.29, 0.717) is 19.6 Å². The predicted molar refractivity (Wildman–Crippen MR) is 97.6 cm³/mol. The van der Waals surface area contributed by atoms with E-state index in [4.69, 9.17) is 16.3 Å². The van der Waals surface area contributed by atoms with E-state index in [9.17, 15) is 4.79 Å². The van der Waals surface area contributed by atoms with E-state index >= 15 is 0 Å². The van der Waals surface area contributed by atoms with Gasteiger partial charge in [-0.1, -0.05) is 23.7 Å². The van der Waals surface area contributed by atoms with E-state index in [-0.39, 0.29) is 24.7 Å². The lowest BCUT2D eigenvalue weighted by Crippen LogP contribution is -2.49. The molecule has 0 aliphatic carbocycles. The molecule has 1 fully saturated rings. The molecule has 0 spiro atoms. The highest BCUT2D eigenvalue weighted by Crippen LogP contribution is 2.14. The fraction of sp³-hybridized carbons (Fsp3) is 0.444. The molecule has 6 nitrogen and oxygen atoms in total. The third kappa shape index (κ3) is 4.96. The van der Waals surface area contributed by atoms with Crippen LogP contribution in [0.1, 0.15) is 19.4 Å². The molecule has 7 heteroatoms. The van der Waals surface area contributed by atoms with Gasteiger partial charge in [0, 0.05) is 30.9 Å². The van der Waals surface area contributed by atoms with Gasteiger partial charge in [-0.25, -0.2) is 0 Å². The first-order valence-corrected chi connectivity index (χ1v) is 8.81. The predicted octanol–water partition coefficient (Wildman–Crippen LogP) is 2.78. The Bertz CT molecular complexity index is 723. The highest BCUT2D eigenvalue weighted by Gasteiger charge is 2.25. The number of carbonyl (C=O) groups excluding carboxylic acids is 1. The third-order valence-electron chi connectivity index (χ3n) is 4.09. The fourth-order valence-electron chi connectivity index (χ4n) is 3.01. The molecule has 25 heavy (non-hydrogen) atoms. The van der Waals surface area contributed by atoms with Crippen LogP contribution in [0.25, 0.3) is 0 Å². The lowest BCUT2D eigenvalue weighted by molar-refractivity contribution is -0.144. The Hall–Kier alpha value is -2.05. The number of ether oxygens (including phenoxy) is 1. The molecule has 1 aromatic carbocycles. The van der Waals surface area contributed by atoms with Crippen molar-refractivity contribution in [2.24, 2.45) is 0 Å². The summed E-state index contributed by atoms with van der Waals surface area (Å²) in [5.41, 5.74) is 1.96. The van der Waals surface area contributed by atoms with Crippen molar-refractivity contribution in [3.8, 4) is 0 Å². The maximum absolute atomic E-state index is 12.5. The van der Waals surface area contributed by atoms with Crippen LogP contribution in [-0.4, -0.2) is 45.9 Å². The van der Waals surface area contributed by atoms with Crippen LogP contribution in [0.15, 0.2) is 36.7 Å². The molecule has 1 amide bonds. The number of nitrogens with zero attached hydrogens (tertiary/aromatic N) is 3. The van der Waals surface area contributed by atoms with Crippen molar-refractivity contribution in [3.05, 3.63) is 47.2 Å². The minimum absolute atomic E-state index is 0.0616. The van der Waals surface area contributed by atoms with Crippen LogP contribution in [0.4, 0.5) is 5.69 Å². The Balaban J connectivity index is 1.53. The van der Waals surface area contributed by atoms with E-state index in [1.54, 1.807) is 10.9 Å². The first kappa shape index (κ1) is 17.8. The smallest absolute Gasteiger partial charge is 0.244 e. The van der Waals surface area contributed by atoms with Crippen LogP contribution in [0.5, 0.6) is 0 Å². The number of morpholine rings is 1. The van der Waals surface area contributed by atoms with Crippen molar-refractivity contribution >= 4 is 23.2 Å². The standard InChI is InChI=1S/C18H23ClN4O2/c1-13-9-22(10-14(2)25-13)18(24)12-23-11-17(8-21-23)20-7-15-4-3-5-16(19)6-15/h3-6,8,11,13-14,20H,7,9-10,12H2,1-2H3/t13-,14-/m0/s1. The molecular weight excluding hydrogens is 340 g/mol. The number of aromatic nitrogens is 2. The molecule has 134 valence electrons. The van der Waals surface area contributed by atoms with Crippen LogP contribution >= 0.6 is 11.6 Å². The number of hydrogen-bond donors (Lipinski definition) is 1. The minimum atomic E-state index is 0.0616. The maximum atomic E-state index is 12.5. The van der Waals surface area contributed by atoms with Gasteiger partial charge >= 0.3 is 0 Å². The van der Waals surface area contributed by atoms with Gasteiger partial charge in [-0.3, -0.25) is 9.48 Å². The van der Waals surface area contributed by atoms with E-state index < -0.39 is 0 Å². The van der Waals surface area contributed by atoms with Crippen molar-refractivity contribution in [1.29, 1.82) is 0 Å². The first-order chi connectivity index (χ1) is 12.0. The van der Waals surface area contributed by atoms with Crippen LogP contribution in [0.2, 0.25) is 5.02 Å². The van der Waals surface area contributed by atoms with Gasteiger partial charge in [-0.15, -0.1) is 0 Å². The summed E-state index contributed by atoms with van der Waals surface area (Å²) in [5, 5.41) is 8.27. The molecule has 2 heterocycles. The molecule has 1 N–H and O–H groups in total. The summed E-state index contributed by atoms with van der Waals surface area (Å²) in [4.78, 5) is 14.3. The van der Waals surface area contributed by atoms with Gasteiger partial charge in [-0.05, 0) is 31.5 Å². The number of halogens is 1. The topological polar surface area (TPSA) is 59.4 Å². The number of carbonyl (C=O) groups is 1. The van der Waals surface area contributed by atoms with Crippen molar-refractivity contribution in [3.63, 3.8) is 0 Å². The summed E-state index contributed by atoms with van der Waals surface area (Å²) < 4.78 is 7.33. The van der Waals surface area contributed by atoms with E-state index in [0.717, 1.165) is 16.3 Å². The summed E-state index contributed by atoms with van der Waals surface area (Å²) >= 11 is 5.99. The zero-order valence-electron chi connectivity index (χ0n) is 14.5. The Morgan fingerprint density at radius 2 is 2.12 bits per heavy atom. The Morgan fingerprint density at radius 3 is 2.84 bits per heavy atom. The summed E-state index contributed by atoms with van der Waals surface area (Å²) in [7, 11) is 0. The summed E-state index contributed by atoms with van der Waals surface area (Å²) in [6.45, 7) is 6.12. The van der Waals surface area contributed by atoms with Gasteiger partial charge in [0.25, 0.3) is 0 Å². The number of anilines is 1. The largest absolute Gasteiger partial charge is 0.378 e. The van der Waals surface area contributed by atoms with Gasteiger partial charge in [0.15, 0.2) is 0 Å². The van der Waals surface area contributed by atoms with Crippen molar-refractivity contribution in [2.75, 3.05) is 18.4 Å². The Kier molecular flexibility index (Phi) is 5.60. The number of benzene rings is 1. The second kappa shape index (κ2) is 7.89. The van der Waals surface area contributed by atoms with Crippen molar-refractivity contribution in [1.82, 2.24) is 14.7 Å². The molecule has 3 rings (SSSR count). The van der Waals surface area contributed by atoms with Crippen molar-refractivity contribution < 1.29 is 9.53 Å². The fourth-order valence-corrected chi connectivity index (χ4v) is 3.23. The molecule has 0 saturated carbocycles. The SMILES string of the molecule is C[C@H]1CN(C(=O)Cn2cc(NCc3cccc(Cl)c3)cn2)C[C@H](C)O1. The second-order valence-electron chi connectivity index (χ2n) is 6.47. The van der Waals surface area contributed by atoms with Gasteiger partial charge < -0.3 is 15.0 Å². The van der Waals surface area contributed by atoms with Gasteiger partial charge in [0.2, 0.25) is 5.91 Å². The molecule has 0 radical (unpaired) electrons. The lowest BCUT2D eigenvalue weighted by atomic mass is 10.2. The molecule has 2 atom stereocenters. The number of amides is 1. The Morgan fingerprint density at radius 1 is 1.36 bits per heavy atom. The molecule has 0 bridgehead atoms. The molecule has 1 saturated heterocycles. The Labute approximate surface area is 152 Å². The van der Waals surface area contributed by atoms with Gasteiger partial charge in [0.05, 0.1) is 24.1 Å². The van der Waals surface area contributed by atoms with Crippen LogP contribution in [0, 0.1) is 0 Å². The van der Waals surface area contributed by atoms with Gasteiger partial charge in [0.1, 0.15) is 6.54 Å². The van der Waals surface area contributed by atoms with Crippen LogP contribution in [0.3, 0.4) is 0 Å². The lowest BCUT2D eigenvalue weighted by Gasteiger charge is -2.35. The normalized spacial score (nSPS) is 20.5. The molecule has 2 aromatic rings. The van der Waals surface area contributed by atoms with Crippen molar-refractivity contribution in [2.45, 2.75) is 39.1 Å². The maximum Gasteiger partial charge on any atom is 0.244 e. The number of nitrogens with one attached hydrogen (secondary N) is 1. The monoisotopic (exact) mass is 362 g/mol. The quantitative estimate of drug-likeness (QED) is 0.888. The number of rotatable bonds is 5. The third-order valence-corrected chi connectivity index (χ3v) is 4.32. The molecule has 1 aliphatic heterocycles. The van der Waals surface area contributed by atoms with Crippen LogP contribution in [-0.2, 0) is 22.6 Å². The number of hydrogen-bond acceptors (Lipinski definition) is 4. The zero-order chi connectivity index (χ0) is 17.8. The summed E-state index contributed by atoms with van der Waals surface area (Å²) in [6.07, 6.45) is 3.71. The van der Waals surface area contributed by atoms with Crippen LogP contribution < -0.4 is 5.32 Å². The minimum Gasteiger partial charge on any atom is -0.378 e. The average Bonchev–Trinajstić information content (AvgIpc) is 2.99. The molecular formula is C18H23ClN4O2. The highest BCUT2D eigenvalue weighted by atomic mass is 35.5. The van der Waals surface area contributed by atoms with E-state index in [1.165, 1.54) is 0 Å². The van der Waals surface area contributed by atoms with E-state index in [1.807, 2.05) is 49.2 Å². The molecule has 1 aliphatic rings. The van der Waals surface area contributed by atoms with Gasteiger partial charge in [-0.2, -0.15) is 5.10 Å². The summed E-state index contributed by atoms with van der Waals surface area (Å²) in [6, 6.07) is 7.70. The summed E-state index contributed by atoms with van der Waals surface area (Å²) in [5.74, 6) is 0.0616.